The molecule has 5 heteroatoms. The van der Waals surface area contributed by atoms with E-state index >= 15 is 0 Å². The molecule has 1 amide bonds. The fourth-order valence-corrected chi connectivity index (χ4v) is 3.52. The average Bonchev–Trinajstić information content (AvgIpc) is 2.73. The molecule has 0 saturated carbocycles. The first-order valence-corrected chi connectivity index (χ1v) is 9.94. The zero-order chi connectivity index (χ0) is 19.9. The summed E-state index contributed by atoms with van der Waals surface area (Å²) in [7, 11) is 1.64. The molecule has 0 aliphatic carbocycles. The van der Waals surface area contributed by atoms with Crippen molar-refractivity contribution in [2.75, 3.05) is 44.8 Å². The summed E-state index contributed by atoms with van der Waals surface area (Å²) < 4.78 is 10.8. The van der Waals surface area contributed by atoms with Crippen molar-refractivity contribution in [2.45, 2.75) is 26.7 Å². The van der Waals surface area contributed by atoms with Crippen molar-refractivity contribution < 1.29 is 14.3 Å². The van der Waals surface area contributed by atoms with Gasteiger partial charge in [0.05, 0.1) is 13.7 Å². The Morgan fingerprint density at radius 1 is 0.964 bits per heavy atom. The van der Waals surface area contributed by atoms with Gasteiger partial charge in [0.2, 0.25) is 5.91 Å². The van der Waals surface area contributed by atoms with Gasteiger partial charge in [-0.1, -0.05) is 12.1 Å². The molecule has 0 radical (unpaired) electrons. The van der Waals surface area contributed by atoms with Crippen LogP contribution in [-0.2, 0) is 4.79 Å². The summed E-state index contributed by atoms with van der Waals surface area (Å²) >= 11 is 0. The summed E-state index contributed by atoms with van der Waals surface area (Å²) in [6, 6.07) is 13.9. The van der Waals surface area contributed by atoms with Gasteiger partial charge in [-0.2, -0.15) is 0 Å². The third-order valence-electron chi connectivity index (χ3n) is 5.41. The number of carbonyl (C=O) groups is 1. The molecule has 1 heterocycles. The van der Waals surface area contributed by atoms with Crippen LogP contribution < -0.4 is 14.4 Å². The molecule has 0 N–H and O–H groups in total. The van der Waals surface area contributed by atoms with E-state index in [1.807, 2.05) is 29.2 Å². The van der Waals surface area contributed by atoms with Crippen LogP contribution in [0.15, 0.2) is 42.5 Å². The van der Waals surface area contributed by atoms with Gasteiger partial charge in [0.1, 0.15) is 11.5 Å². The minimum absolute atomic E-state index is 0.221. The first-order chi connectivity index (χ1) is 13.6. The largest absolute Gasteiger partial charge is 0.497 e. The van der Waals surface area contributed by atoms with E-state index in [-0.39, 0.29) is 5.91 Å². The predicted molar refractivity (Wildman–Crippen MR) is 112 cm³/mol. The number of hydrogen-bond donors (Lipinski definition) is 0. The van der Waals surface area contributed by atoms with E-state index in [2.05, 4.69) is 36.9 Å². The Balaban J connectivity index is 1.39. The number of nitrogens with zero attached hydrogens (tertiary/aromatic N) is 2. The van der Waals surface area contributed by atoms with Gasteiger partial charge >= 0.3 is 0 Å². The second-order valence-corrected chi connectivity index (χ2v) is 7.21. The van der Waals surface area contributed by atoms with Crippen LogP contribution in [0.3, 0.4) is 0 Å². The lowest BCUT2D eigenvalue weighted by molar-refractivity contribution is -0.131. The molecule has 0 atom stereocenters. The topological polar surface area (TPSA) is 42.0 Å². The number of rotatable bonds is 7. The van der Waals surface area contributed by atoms with Crippen LogP contribution in [0.2, 0.25) is 0 Å². The third kappa shape index (κ3) is 4.97. The lowest BCUT2D eigenvalue weighted by Crippen LogP contribution is -2.49. The minimum Gasteiger partial charge on any atom is -0.497 e. The van der Waals surface area contributed by atoms with Gasteiger partial charge in [0.15, 0.2) is 0 Å². The van der Waals surface area contributed by atoms with Gasteiger partial charge in [-0.25, -0.2) is 0 Å². The summed E-state index contributed by atoms with van der Waals surface area (Å²) in [5.41, 5.74) is 3.94. The summed E-state index contributed by atoms with van der Waals surface area (Å²) in [6.45, 7) is 8.20. The van der Waals surface area contributed by atoms with Crippen molar-refractivity contribution >= 4 is 11.6 Å². The van der Waals surface area contributed by atoms with Crippen LogP contribution in [-0.4, -0.2) is 50.7 Å². The third-order valence-corrected chi connectivity index (χ3v) is 5.41. The molecule has 28 heavy (non-hydrogen) atoms. The van der Waals surface area contributed by atoms with Gasteiger partial charge < -0.3 is 19.3 Å². The fourth-order valence-electron chi connectivity index (χ4n) is 3.52. The van der Waals surface area contributed by atoms with E-state index in [9.17, 15) is 4.79 Å². The molecule has 2 aromatic carbocycles. The molecule has 0 aromatic heterocycles. The Bertz CT molecular complexity index is 781. The van der Waals surface area contributed by atoms with Gasteiger partial charge in [-0.3, -0.25) is 4.79 Å². The molecular formula is C23H30N2O3. The monoisotopic (exact) mass is 382 g/mol. The highest BCUT2D eigenvalue weighted by Crippen LogP contribution is 2.24. The van der Waals surface area contributed by atoms with Gasteiger partial charge in [-0.05, 0) is 61.7 Å². The Morgan fingerprint density at radius 3 is 2.32 bits per heavy atom. The van der Waals surface area contributed by atoms with Crippen LogP contribution in [0.5, 0.6) is 11.5 Å². The number of carbonyl (C=O) groups excluding carboxylic acids is 1. The van der Waals surface area contributed by atoms with Crippen molar-refractivity contribution in [3.05, 3.63) is 53.6 Å². The molecule has 0 spiro atoms. The predicted octanol–water partition coefficient (Wildman–Crippen LogP) is 3.82. The SMILES string of the molecule is COc1ccc(OCCCC(=O)N2CCN(c3cccc(C)c3C)CC2)cc1. The Labute approximate surface area is 167 Å². The number of anilines is 1. The number of hydrogen-bond acceptors (Lipinski definition) is 4. The summed E-state index contributed by atoms with van der Waals surface area (Å²) in [5, 5.41) is 0. The van der Waals surface area contributed by atoms with Crippen LogP contribution in [0.25, 0.3) is 0 Å². The standard InChI is InChI=1S/C23H30N2O3/c1-18-6-4-7-22(19(18)2)24-13-15-25(16-14-24)23(26)8-5-17-28-21-11-9-20(27-3)10-12-21/h4,6-7,9-12H,5,8,13-17H2,1-3H3. The molecule has 2 aromatic rings. The molecule has 0 unspecified atom stereocenters. The molecule has 1 aliphatic rings. The Morgan fingerprint density at radius 2 is 1.64 bits per heavy atom. The first-order valence-electron chi connectivity index (χ1n) is 9.94. The number of ether oxygens (including phenoxy) is 2. The van der Waals surface area contributed by atoms with Crippen molar-refractivity contribution in [1.82, 2.24) is 4.90 Å². The Kier molecular flexibility index (Phi) is 6.80. The zero-order valence-corrected chi connectivity index (χ0v) is 17.1. The van der Waals surface area contributed by atoms with Crippen LogP contribution in [0.1, 0.15) is 24.0 Å². The van der Waals surface area contributed by atoms with E-state index in [1.54, 1.807) is 7.11 Å². The quantitative estimate of drug-likeness (QED) is 0.683. The molecule has 5 nitrogen and oxygen atoms in total. The maximum absolute atomic E-state index is 12.5. The normalized spacial score (nSPS) is 14.1. The lowest BCUT2D eigenvalue weighted by Gasteiger charge is -2.37. The minimum atomic E-state index is 0.221. The lowest BCUT2D eigenvalue weighted by atomic mass is 10.1. The average molecular weight is 383 g/mol. The Hall–Kier alpha value is -2.69. The van der Waals surface area contributed by atoms with Crippen molar-refractivity contribution in [3.8, 4) is 11.5 Å². The molecule has 3 rings (SSSR count). The fraction of sp³-hybridized carbons (Fsp3) is 0.435. The molecule has 0 bridgehead atoms. The van der Waals surface area contributed by atoms with E-state index in [0.29, 0.717) is 13.0 Å². The first kappa shape index (κ1) is 20.1. The zero-order valence-electron chi connectivity index (χ0n) is 17.1. The van der Waals surface area contributed by atoms with Crippen molar-refractivity contribution in [1.29, 1.82) is 0 Å². The highest BCUT2D eigenvalue weighted by Gasteiger charge is 2.22. The van der Waals surface area contributed by atoms with Gasteiger partial charge in [0, 0.05) is 38.3 Å². The van der Waals surface area contributed by atoms with Gasteiger partial charge in [-0.15, -0.1) is 0 Å². The molecular weight excluding hydrogens is 352 g/mol. The van der Waals surface area contributed by atoms with Crippen LogP contribution in [0.4, 0.5) is 5.69 Å². The highest BCUT2D eigenvalue weighted by molar-refractivity contribution is 5.76. The summed E-state index contributed by atoms with van der Waals surface area (Å²) in [6.07, 6.45) is 1.25. The van der Waals surface area contributed by atoms with Crippen molar-refractivity contribution in [3.63, 3.8) is 0 Å². The molecule has 1 saturated heterocycles. The molecule has 150 valence electrons. The smallest absolute Gasteiger partial charge is 0.222 e. The van der Waals surface area contributed by atoms with Crippen LogP contribution >= 0.6 is 0 Å². The number of aryl methyl sites for hydroxylation is 1. The molecule has 1 fully saturated rings. The van der Waals surface area contributed by atoms with Crippen molar-refractivity contribution in [2.24, 2.45) is 0 Å². The van der Waals surface area contributed by atoms with Gasteiger partial charge in [0.25, 0.3) is 0 Å². The molecule has 1 aliphatic heterocycles. The maximum Gasteiger partial charge on any atom is 0.222 e. The second-order valence-electron chi connectivity index (χ2n) is 7.21. The maximum atomic E-state index is 12.5. The van der Waals surface area contributed by atoms with E-state index in [1.165, 1.54) is 16.8 Å². The number of amides is 1. The number of methoxy groups -OCH3 is 1. The summed E-state index contributed by atoms with van der Waals surface area (Å²) in [4.78, 5) is 16.9. The highest BCUT2D eigenvalue weighted by atomic mass is 16.5. The van der Waals surface area contributed by atoms with Crippen LogP contribution in [0, 0.1) is 13.8 Å². The van der Waals surface area contributed by atoms with E-state index in [0.717, 1.165) is 44.1 Å². The van der Waals surface area contributed by atoms with E-state index in [4.69, 9.17) is 9.47 Å². The summed E-state index contributed by atoms with van der Waals surface area (Å²) in [5.74, 6) is 1.83. The number of benzene rings is 2. The number of piperazine rings is 1. The van der Waals surface area contributed by atoms with E-state index < -0.39 is 0 Å². The second kappa shape index (κ2) is 9.49.